The van der Waals surface area contributed by atoms with Crippen molar-refractivity contribution in [1.82, 2.24) is 4.90 Å². The first-order valence-electron chi connectivity index (χ1n) is 8.19. The van der Waals surface area contributed by atoms with Gasteiger partial charge in [-0.3, -0.25) is 9.59 Å². The van der Waals surface area contributed by atoms with Crippen molar-refractivity contribution in [3.05, 3.63) is 35.9 Å². The second-order valence-electron chi connectivity index (χ2n) is 6.26. The number of benzene rings is 1. The monoisotopic (exact) mass is 302 g/mol. The molecule has 0 atom stereocenters. The van der Waals surface area contributed by atoms with Crippen molar-refractivity contribution in [3.8, 4) is 0 Å². The Labute approximate surface area is 132 Å². The number of amides is 2. The van der Waals surface area contributed by atoms with Gasteiger partial charge in [0.15, 0.2) is 0 Å². The molecule has 1 aliphatic heterocycles. The molecule has 0 unspecified atom stereocenters. The summed E-state index contributed by atoms with van der Waals surface area (Å²) in [5.74, 6) is -0.0239. The highest BCUT2D eigenvalue weighted by Crippen LogP contribution is 2.36. The standard InChI is InChI=1S/C18H26N2O2/c1-2-10-18(17(19)22)11-13-20(14-12-18)16(21)9-8-15-6-4-3-5-7-15/h3-7H,2,8-14H2,1H3,(H2,19,22). The summed E-state index contributed by atoms with van der Waals surface area (Å²) >= 11 is 0. The Kier molecular flexibility index (Phi) is 5.58. The van der Waals surface area contributed by atoms with Gasteiger partial charge in [0.2, 0.25) is 11.8 Å². The van der Waals surface area contributed by atoms with Crippen LogP contribution in [0.3, 0.4) is 0 Å². The van der Waals surface area contributed by atoms with E-state index in [2.05, 4.69) is 6.92 Å². The van der Waals surface area contributed by atoms with Crippen molar-refractivity contribution < 1.29 is 9.59 Å². The van der Waals surface area contributed by atoms with Gasteiger partial charge in [-0.25, -0.2) is 0 Å². The molecule has 0 aliphatic carbocycles. The molecule has 1 aliphatic rings. The Balaban J connectivity index is 1.85. The predicted molar refractivity (Wildman–Crippen MR) is 87.1 cm³/mol. The molecular formula is C18H26N2O2. The van der Waals surface area contributed by atoms with E-state index in [1.54, 1.807) is 0 Å². The van der Waals surface area contributed by atoms with E-state index in [1.807, 2.05) is 35.2 Å². The van der Waals surface area contributed by atoms with Gasteiger partial charge in [0, 0.05) is 19.5 Å². The van der Waals surface area contributed by atoms with E-state index < -0.39 is 5.41 Å². The van der Waals surface area contributed by atoms with Crippen LogP contribution in [0.15, 0.2) is 30.3 Å². The van der Waals surface area contributed by atoms with Gasteiger partial charge < -0.3 is 10.6 Å². The molecule has 22 heavy (non-hydrogen) atoms. The summed E-state index contributed by atoms with van der Waals surface area (Å²) in [7, 11) is 0. The number of carbonyl (C=O) groups excluding carboxylic acids is 2. The molecule has 1 saturated heterocycles. The van der Waals surface area contributed by atoms with Crippen molar-refractivity contribution in [2.24, 2.45) is 11.1 Å². The SMILES string of the molecule is CCCC1(C(N)=O)CCN(C(=O)CCc2ccccc2)CC1. The van der Waals surface area contributed by atoms with Crippen LogP contribution in [0.1, 0.15) is 44.6 Å². The van der Waals surface area contributed by atoms with E-state index >= 15 is 0 Å². The van der Waals surface area contributed by atoms with Crippen LogP contribution >= 0.6 is 0 Å². The second kappa shape index (κ2) is 7.43. The number of nitrogens with zero attached hydrogens (tertiary/aromatic N) is 1. The third-order valence-corrected chi connectivity index (χ3v) is 4.79. The van der Waals surface area contributed by atoms with Gasteiger partial charge in [0.1, 0.15) is 0 Å². The molecule has 1 fully saturated rings. The lowest BCUT2D eigenvalue weighted by Crippen LogP contribution is -2.48. The lowest BCUT2D eigenvalue weighted by molar-refractivity contribution is -0.139. The molecule has 4 heteroatoms. The normalized spacial score (nSPS) is 17.2. The van der Waals surface area contributed by atoms with Gasteiger partial charge in [-0.05, 0) is 31.2 Å². The second-order valence-corrected chi connectivity index (χ2v) is 6.26. The van der Waals surface area contributed by atoms with Crippen molar-refractivity contribution in [3.63, 3.8) is 0 Å². The highest BCUT2D eigenvalue weighted by molar-refractivity contribution is 5.82. The number of rotatable bonds is 6. The Hall–Kier alpha value is -1.84. The number of likely N-dealkylation sites (tertiary alicyclic amines) is 1. The van der Waals surface area contributed by atoms with Gasteiger partial charge in [-0.2, -0.15) is 0 Å². The molecule has 0 saturated carbocycles. The summed E-state index contributed by atoms with van der Waals surface area (Å²) < 4.78 is 0. The number of carbonyl (C=O) groups is 2. The minimum absolute atomic E-state index is 0.179. The fourth-order valence-electron chi connectivity index (χ4n) is 3.34. The molecule has 2 N–H and O–H groups in total. The Bertz CT molecular complexity index is 505. The van der Waals surface area contributed by atoms with Crippen LogP contribution in [0.25, 0.3) is 0 Å². The Morgan fingerprint density at radius 1 is 1.18 bits per heavy atom. The highest BCUT2D eigenvalue weighted by atomic mass is 16.2. The third-order valence-electron chi connectivity index (χ3n) is 4.79. The molecule has 0 radical (unpaired) electrons. The largest absolute Gasteiger partial charge is 0.369 e. The zero-order valence-corrected chi connectivity index (χ0v) is 13.4. The smallest absolute Gasteiger partial charge is 0.223 e. The molecule has 0 bridgehead atoms. The van der Waals surface area contributed by atoms with E-state index in [0.29, 0.717) is 32.4 Å². The summed E-state index contributed by atoms with van der Waals surface area (Å²) in [6.07, 6.45) is 4.48. The molecule has 120 valence electrons. The van der Waals surface area contributed by atoms with Gasteiger partial charge in [0.25, 0.3) is 0 Å². The van der Waals surface area contributed by atoms with Gasteiger partial charge in [-0.1, -0.05) is 43.7 Å². The van der Waals surface area contributed by atoms with Crippen LogP contribution in [-0.4, -0.2) is 29.8 Å². The molecule has 1 aromatic rings. The van der Waals surface area contributed by atoms with E-state index in [9.17, 15) is 9.59 Å². The Morgan fingerprint density at radius 3 is 2.36 bits per heavy atom. The Morgan fingerprint density at radius 2 is 1.82 bits per heavy atom. The van der Waals surface area contributed by atoms with Crippen LogP contribution in [0.5, 0.6) is 0 Å². The van der Waals surface area contributed by atoms with E-state index in [0.717, 1.165) is 19.3 Å². The van der Waals surface area contributed by atoms with E-state index in [4.69, 9.17) is 5.73 Å². The third kappa shape index (κ3) is 3.87. The van der Waals surface area contributed by atoms with Gasteiger partial charge >= 0.3 is 0 Å². The quantitative estimate of drug-likeness (QED) is 0.877. The van der Waals surface area contributed by atoms with Crippen LogP contribution < -0.4 is 5.73 Å². The summed E-state index contributed by atoms with van der Waals surface area (Å²) in [5.41, 5.74) is 6.39. The van der Waals surface area contributed by atoms with Crippen molar-refractivity contribution in [2.45, 2.75) is 45.4 Å². The van der Waals surface area contributed by atoms with Crippen LogP contribution in [-0.2, 0) is 16.0 Å². The molecule has 1 aromatic carbocycles. The van der Waals surface area contributed by atoms with Gasteiger partial charge in [0.05, 0.1) is 5.41 Å². The number of hydrogen-bond donors (Lipinski definition) is 1. The molecule has 2 amide bonds. The summed E-state index contributed by atoms with van der Waals surface area (Å²) in [4.78, 5) is 26.0. The fraction of sp³-hybridized carbons (Fsp3) is 0.556. The first kappa shape index (κ1) is 16.5. The molecule has 0 aromatic heterocycles. The van der Waals surface area contributed by atoms with Gasteiger partial charge in [-0.15, -0.1) is 0 Å². The molecule has 1 heterocycles. The predicted octanol–water partition coefficient (Wildman–Crippen LogP) is 2.51. The van der Waals surface area contributed by atoms with Crippen molar-refractivity contribution in [2.75, 3.05) is 13.1 Å². The zero-order chi connectivity index (χ0) is 16.0. The summed E-state index contributed by atoms with van der Waals surface area (Å²) in [6.45, 7) is 3.37. The lowest BCUT2D eigenvalue weighted by Gasteiger charge is -2.39. The van der Waals surface area contributed by atoms with Crippen LogP contribution in [0.4, 0.5) is 0 Å². The van der Waals surface area contributed by atoms with E-state index in [-0.39, 0.29) is 11.8 Å². The van der Waals surface area contributed by atoms with Crippen molar-refractivity contribution >= 4 is 11.8 Å². The maximum absolute atomic E-state index is 12.3. The van der Waals surface area contributed by atoms with Crippen LogP contribution in [0.2, 0.25) is 0 Å². The van der Waals surface area contributed by atoms with Crippen molar-refractivity contribution in [1.29, 1.82) is 0 Å². The van der Waals surface area contributed by atoms with Crippen LogP contribution in [0, 0.1) is 5.41 Å². The molecule has 4 nitrogen and oxygen atoms in total. The topological polar surface area (TPSA) is 63.4 Å². The van der Waals surface area contributed by atoms with E-state index in [1.165, 1.54) is 5.56 Å². The first-order valence-corrected chi connectivity index (χ1v) is 8.19. The average molecular weight is 302 g/mol. The highest BCUT2D eigenvalue weighted by Gasteiger charge is 2.39. The first-order chi connectivity index (χ1) is 10.6. The maximum Gasteiger partial charge on any atom is 0.223 e. The minimum Gasteiger partial charge on any atom is -0.369 e. The molecule has 0 spiro atoms. The maximum atomic E-state index is 12.3. The lowest BCUT2D eigenvalue weighted by atomic mass is 9.74. The minimum atomic E-state index is -0.398. The average Bonchev–Trinajstić information content (AvgIpc) is 2.54. The molecular weight excluding hydrogens is 276 g/mol. The number of primary amides is 1. The fourth-order valence-corrected chi connectivity index (χ4v) is 3.34. The number of hydrogen-bond acceptors (Lipinski definition) is 2. The number of aryl methyl sites for hydroxylation is 1. The number of nitrogens with two attached hydrogens (primary N) is 1. The summed E-state index contributed by atoms with van der Waals surface area (Å²) in [6, 6.07) is 10.1. The zero-order valence-electron chi connectivity index (χ0n) is 13.4. The number of piperidine rings is 1. The molecule has 2 rings (SSSR count). The summed E-state index contributed by atoms with van der Waals surface area (Å²) in [5, 5.41) is 0.